The van der Waals surface area contributed by atoms with Crippen LogP contribution in [-0.4, -0.2) is 23.8 Å². The fourth-order valence-electron chi connectivity index (χ4n) is 2.56. The van der Waals surface area contributed by atoms with Crippen LogP contribution in [0.5, 0.6) is 0 Å². The van der Waals surface area contributed by atoms with Crippen LogP contribution in [0.1, 0.15) is 30.5 Å². The number of likely N-dealkylation sites (N-methyl/N-ethyl adjacent to an activating group) is 1. The molecule has 0 bridgehead atoms. The van der Waals surface area contributed by atoms with Gasteiger partial charge in [0.25, 0.3) is 0 Å². The topological polar surface area (TPSA) is 49.4 Å². The maximum absolute atomic E-state index is 13.1. The molecule has 0 fully saturated rings. The van der Waals surface area contributed by atoms with E-state index in [4.69, 9.17) is 0 Å². The van der Waals surface area contributed by atoms with Crippen LogP contribution >= 0.6 is 0 Å². The van der Waals surface area contributed by atoms with Gasteiger partial charge in [-0.05, 0) is 23.3 Å². The number of hydrogen-bond acceptors (Lipinski definition) is 2. The van der Waals surface area contributed by atoms with Crippen LogP contribution in [-0.2, 0) is 16.1 Å². The highest BCUT2D eigenvalue weighted by molar-refractivity contribution is 5.88. The molecule has 0 unspecified atom stereocenters. The Balaban J connectivity index is 2.40. The van der Waals surface area contributed by atoms with E-state index in [-0.39, 0.29) is 30.6 Å². The Morgan fingerprint density at radius 2 is 1.71 bits per heavy atom. The zero-order valence-electron chi connectivity index (χ0n) is 13.8. The number of amides is 2. The Labute approximate surface area is 141 Å². The van der Waals surface area contributed by atoms with Crippen LogP contribution in [0.15, 0.2) is 54.6 Å². The standard InChI is InChI=1S/C19H21FN2O2/c1-3-17(23)22(13-14-9-11-16(20)12-10-14)18(19(24)21-2)15-7-5-4-6-8-15/h4-12,18H,3,13H2,1-2H3,(H,21,24)/t18-/m1/s1. The summed E-state index contributed by atoms with van der Waals surface area (Å²) in [5.41, 5.74) is 1.50. The first-order valence-corrected chi connectivity index (χ1v) is 7.87. The molecule has 24 heavy (non-hydrogen) atoms. The number of carbonyl (C=O) groups is 2. The van der Waals surface area contributed by atoms with E-state index in [1.165, 1.54) is 17.0 Å². The van der Waals surface area contributed by atoms with Crippen LogP contribution in [0.25, 0.3) is 0 Å². The molecular formula is C19H21FN2O2. The van der Waals surface area contributed by atoms with Gasteiger partial charge in [0.05, 0.1) is 0 Å². The quantitative estimate of drug-likeness (QED) is 0.886. The Bertz CT molecular complexity index is 686. The van der Waals surface area contributed by atoms with Gasteiger partial charge in [-0.25, -0.2) is 4.39 Å². The molecule has 1 N–H and O–H groups in total. The van der Waals surface area contributed by atoms with Crippen LogP contribution in [0.3, 0.4) is 0 Å². The zero-order valence-corrected chi connectivity index (χ0v) is 13.8. The molecule has 5 heteroatoms. The predicted molar refractivity (Wildman–Crippen MR) is 90.5 cm³/mol. The molecule has 0 aliphatic carbocycles. The van der Waals surface area contributed by atoms with Crippen molar-refractivity contribution < 1.29 is 14.0 Å². The lowest BCUT2D eigenvalue weighted by atomic mass is 10.0. The minimum absolute atomic E-state index is 0.142. The lowest BCUT2D eigenvalue weighted by molar-refractivity contribution is -0.141. The Kier molecular flexibility index (Phi) is 6.07. The molecule has 0 aliphatic heterocycles. The highest BCUT2D eigenvalue weighted by Gasteiger charge is 2.30. The summed E-state index contributed by atoms with van der Waals surface area (Å²) < 4.78 is 13.1. The second kappa shape index (κ2) is 8.24. The first kappa shape index (κ1) is 17.7. The highest BCUT2D eigenvalue weighted by Crippen LogP contribution is 2.24. The highest BCUT2D eigenvalue weighted by atomic mass is 19.1. The molecule has 2 aromatic carbocycles. The second-order valence-electron chi connectivity index (χ2n) is 5.43. The van der Waals surface area contributed by atoms with E-state index in [0.717, 1.165) is 11.1 Å². The van der Waals surface area contributed by atoms with Crippen LogP contribution < -0.4 is 5.32 Å². The van der Waals surface area contributed by atoms with Crippen molar-refractivity contribution >= 4 is 11.8 Å². The van der Waals surface area contributed by atoms with Crippen LogP contribution in [0.2, 0.25) is 0 Å². The van der Waals surface area contributed by atoms with Crippen molar-refractivity contribution in [2.24, 2.45) is 0 Å². The van der Waals surface area contributed by atoms with E-state index in [1.807, 2.05) is 30.3 Å². The number of nitrogens with one attached hydrogen (secondary N) is 1. The van der Waals surface area contributed by atoms with Gasteiger partial charge in [0.15, 0.2) is 0 Å². The lowest BCUT2D eigenvalue weighted by Gasteiger charge is -2.31. The van der Waals surface area contributed by atoms with Crippen LogP contribution in [0.4, 0.5) is 4.39 Å². The van der Waals surface area contributed by atoms with Crippen molar-refractivity contribution in [3.05, 3.63) is 71.5 Å². The number of nitrogens with zero attached hydrogens (tertiary/aromatic N) is 1. The van der Waals surface area contributed by atoms with E-state index in [1.54, 1.807) is 26.1 Å². The normalized spacial score (nSPS) is 11.6. The summed E-state index contributed by atoms with van der Waals surface area (Å²) in [6, 6.07) is 14.4. The summed E-state index contributed by atoms with van der Waals surface area (Å²) in [4.78, 5) is 26.5. The van der Waals surface area contributed by atoms with Crippen molar-refractivity contribution in [3.8, 4) is 0 Å². The molecule has 2 amide bonds. The monoisotopic (exact) mass is 328 g/mol. The average Bonchev–Trinajstić information content (AvgIpc) is 2.62. The molecule has 4 nitrogen and oxygen atoms in total. The lowest BCUT2D eigenvalue weighted by Crippen LogP contribution is -2.42. The van der Waals surface area contributed by atoms with Gasteiger partial charge in [-0.15, -0.1) is 0 Å². The van der Waals surface area contributed by atoms with Gasteiger partial charge in [0.1, 0.15) is 11.9 Å². The molecule has 0 heterocycles. The van der Waals surface area contributed by atoms with Gasteiger partial charge in [0.2, 0.25) is 11.8 Å². The first-order chi connectivity index (χ1) is 11.6. The van der Waals surface area contributed by atoms with Crippen molar-refractivity contribution in [2.75, 3.05) is 7.05 Å². The molecular weight excluding hydrogens is 307 g/mol. The van der Waals surface area contributed by atoms with Gasteiger partial charge in [-0.3, -0.25) is 9.59 Å². The SMILES string of the molecule is CCC(=O)N(Cc1ccc(F)cc1)[C@@H](C(=O)NC)c1ccccc1. The van der Waals surface area contributed by atoms with Gasteiger partial charge in [0, 0.05) is 20.0 Å². The number of hydrogen-bond donors (Lipinski definition) is 1. The number of rotatable bonds is 6. The van der Waals surface area contributed by atoms with Crippen molar-refractivity contribution in [3.63, 3.8) is 0 Å². The summed E-state index contributed by atoms with van der Waals surface area (Å²) in [5, 5.41) is 2.63. The minimum Gasteiger partial charge on any atom is -0.357 e. The third-order valence-corrected chi connectivity index (χ3v) is 3.81. The second-order valence-corrected chi connectivity index (χ2v) is 5.43. The summed E-state index contributed by atoms with van der Waals surface area (Å²) in [7, 11) is 1.55. The number of halogens is 1. The van der Waals surface area contributed by atoms with Crippen LogP contribution in [0, 0.1) is 5.82 Å². The van der Waals surface area contributed by atoms with E-state index in [0.29, 0.717) is 0 Å². The zero-order chi connectivity index (χ0) is 17.5. The van der Waals surface area contributed by atoms with E-state index in [2.05, 4.69) is 5.32 Å². The summed E-state index contributed by atoms with van der Waals surface area (Å²) in [6.45, 7) is 1.99. The van der Waals surface area contributed by atoms with Gasteiger partial charge < -0.3 is 10.2 Å². The molecule has 0 aliphatic rings. The summed E-state index contributed by atoms with van der Waals surface area (Å²) in [6.07, 6.45) is 0.279. The van der Waals surface area contributed by atoms with Gasteiger partial charge in [-0.2, -0.15) is 0 Å². The van der Waals surface area contributed by atoms with E-state index < -0.39 is 6.04 Å². The minimum atomic E-state index is -0.728. The van der Waals surface area contributed by atoms with E-state index in [9.17, 15) is 14.0 Å². The Hall–Kier alpha value is -2.69. The third-order valence-electron chi connectivity index (χ3n) is 3.81. The fraction of sp³-hybridized carbons (Fsp3) is 0.263. The predicted octanol–water partition coefficient (Wildman–Crippen LogP) is 3.05. The Morgan fingerprint density at radius 1 is 1.08 bits per heavy atom. The average molecular weight is 328 g/mol. The number of benzene rings is 2. The molecule has 0 radical (unpaired) electrons. The Morgan fingerprint density at radius 3 is 2.25 bits per heavy atom. The smallest absolute Gasteiger partial charge is 0.247 e. The molecule has 0 saturated heterocycles. The molecule has 0 saturated carbocycles. The van der Waals surface area contributed by atoms with Crippen molar-refractivity contribution in [2.45, 2.75) is 25.9 Å². The third kappa shape index (κ3) is 4.19. The molecule has 126 valence electrons. The molecule has 1 atom stereocenters. The van der Waals surface area contributed by atoms with Crippen molar-refractivity contribution in [1.29, 1.82) is 0 Å². The fourth-order valence-corrected chi connectivity index (χ4v) is 2.56. The van der Waals surface area contributed by atoms with Gasteiger partial charge >= 0.3 is 0 Å². The van der Waals surface area contributed by atoms with Gasteiger partial charge in [-0.1, -0.05) is 49.4 Å². The van der Waals surface area contributed by atoms with Crippen molar-refractivity contribution in [1.82, 2.24) is 10.2 Å². The summed E-state index contributed by atoms with van der Waals surface area (Å²) >= 11 is 0. The maximum Gasteiger partial charge on any atom is 0.247 e. The molecule has 0 spiro atoms. The largest absolute Gasteiger partial charge is 0.357 e. The van der Waals surface area contributed by atoms with E-state index >= 15 is 0 Å². The first-order valence-electron chi connectivity index (χ1n) is 7.87. The summed E-state index contributed by atoms with van der Waals surface area (Å²) in [5.74, 6) is -0.736. The number of carbonyl (C=O) groups excluding carboxylic acids is 2. The molecule has 0 aromatic heterocycles. The molecule has 2 rings (SSSR count). The maximum atomic E-state index is 13.1. The molecule has 2 aromatic rings.